The van der Waals surface area contributed by atoms with Crippen LogP contribution in [0.3, 0.4) is 0 Å². The van der Waals surface area contributed by atoms with Crippen molar-refractivity contribution in [2.45, 2.75) is 16.8 Å². The molecular weight excluding hydrogens is 360 g/mol. The Labute approximate surface area is 151 Å². The number of oxazole rings is 1. The minimum Gasteiger partial charge on any atom is -0.419 e. The highest BCUT2D eigenvalue weighted by molar-refractivity contribution is 7.91. The van der Waals surface area contributed by atoms with Crippen LogP contribution in [0.15, 0.2) is 62.9 Å². The van der Waals surface area contributed by atoms with E-state index in [1.807, 2.05) is 6.92 Å². The summed E-state index contributed by atoms with van der Waals surface area (Å²) in [5, 5.41) is 0.474. The van der Waals surface area contributed by atoms with Crippen LogP contribution in [0.25, 0.3) is 11.5 Å². The molecule has 0 saturated carbocycles. The zero-order valence-corrected chi connectivity index (χ0v) is 15.6. The lowest BCUT2D eigenvalue weighted by Gasteiger charge is -2.10. The number of benzene rings is 2. The first kappa shape index (κ1) is 17.5. The fourth-order valence-electron chi connectivity index (χ4n) is 2.30. The number of sulfone groups is 1. The average Bonchev–Trinajstić information content (AvgIpc) is 3.02. The Bertz CT molecular complexity index is 992. The molecule has 1 aromatic heterocycles. The highest BCUT2D eigenvalue weighted by atomic mass is 35.5. The van der Waals surface area contributed by atoms with Gasteiger partial charge in [0, 0.05) is 24.7 Å². The van der Waals surface area contributed by atoms with Crippen LogP contribution in [0.1, 0.15) is 5.56 Å². The molecule has 0 unspecified atom stereocenters. The molecule has 1 heterocycles. The largest absolute Gasteiger partial charge is 0.419 e. The molecule has 0 fully saturated rings. The molecule has 0 radical (unpaired) electrons. The van der Waals surface area contributed by atoms with Crippen molar-refractivity contribution in [1.82, 2.24) is 4.98 Å². The van der Waals surface area contributed by atoms with Crippen LogP contribution in [0.4, 0.5) is 5.88 Å². The van der Waals surface area contributed by atoms with Crippen LogP contribution in [0.2, 0.25) is 5.02 Å². The Balaban J connectivity index is 2.14. The first-order valence-electron chi connectivity index (χ1n) is 7.55. The lowest BCUT2D eigenvalue weighted by molar-refractivity contribution is 0.564. The maximum absolute atomic E-state index is 13.0. The van der Waals surface area contributed by atoms with Gasteiger partial charge < -0.3 is 9.32 Å². The third-order valence-corrected chi connectivity index (χ3v) is 5.58. The molecule has 0 atom stereocenters. The first-order valence-corrected chi connectivity index (χ1v) is 9.41. The molecule has 3 aromatic rings. The van der Waals surface area contributed by atoms with Gasteiger partial charge >= 0.3 is 0 Å². The van der Waals surface area contributed by atoms with Crippen molar-refractivity contribution in [3.8, 4) is 11.5 Å². The van der Waals surface area contributed by atoms with E-state index < -0.39 is 9.84 Å². The van der Waals surface area contributed by atoms with Gasteiger partial charge in [0.15, 0.2) is 0 Å². The molecule has 0 aliphatic heterocycles. The van der Waals surface area contributed by atoms with Crippen molar-refractivity contribution in [3.63, 3.8) is 0 Å². The summed E-state index contributed by atoms with van der Waals surface area (Å²) in [6, 6.07) is 13.5. The number of anilines is 1. The first-order chi connectivity index (χ1) is 11.8. The second kappa shape index (κ2) is 6.54. The minimum absolute atomic E-state index is 0.105. The highest BCUT2D eigenvalue weighted by Gasteiger charge is 2.29. The zero-order chi connectivity index (χ0) is 18.2. The Morgan fingerprint density at radius 1 is 1.00 bits per heavy atom. The van der Waals surface area contributed by atoms with E-state index in [4.69, 9.17) is 16.0 Å². The molecule has 130 valence electrons. The Morgan fingerprint density at radius 3 is 2.16 bits per heavy atom. The fraction of sp³-hybridized carbons (Fsp3) is 0.167. The normalized spacial score (nSPS) is 11.5. The van der Waals surface area contributed by atoms with Gasteiger partial charge in [-0.25, -0.2) is 8.42 Å². The van der Waals surface area contributed by atoms with Crippen molar-refractivity contribution in [3.05, 3.63) is 59.1 Å². The second-order valence-corrected chi connectivity index (χ2v) is 8.15. The molecule has 0 saturated heterocycles. The molecule has 25 heavy (non-hydrogen) atoms. The third kappa shape index (κ3) is 3.41. The lowest BCUT2D eigenvalue weighted by atomic mass is 10.2. The van der Waals surface area contributed by atoms with Crippen LogP contribution in [-0.4, -0.2) is 27.5 Å². The van der Waals surface area contributed by atoms with E-state index in [0.717, 1.165) is 5.56 Å². The molecule has 0 bridgehead atoms. The summed E-state index contributed by atoms with van der Waals surface area (Å²) in [6.45, 7) is 1.90. The number of hydrogen-bond acceptors (Lipinski definition) is 5. The molecule has 0 aliphatic carbocycles. The summed E-state index contributed by atoms with van der Waals surface area (Å²) in [6.07, 6.45) is 0. The monoisotopic (exact) mass is 376 g/mol. The van der Waals surface area contributed by atoms with Gasteiger partial charge in [-0.3, -0.25) is 0 Å². The van der Waals surface area contributed by atoms with E-state index in [2.05, 4.69) is 4.98 Å². The number of rotatable bonds is 4. The van der Waals surface area contributed by atoms with E-state index in [1.54, 1.807) is 67.5 Å². The number of halogens is 1. The van der Waals surface area contributed by atoms with Gasteiger partial charge in [0.05, 0.1) is 4.90 Å². The summed E-state index contributed by atoms with van der Waals surface area (Å²) in [7, 11) is -0.382. The number of nitrogens with zero attached hydrogens (tertiary/aromatic N) is 2. The van der Waals surface area contributed by atoms with E-state index in [0.29, 0.717) is 10.6 Å². The Hall–Kier alpha value is -2.31. The van der Waals surface area contributed by atoms with Crippen LogP contribution >= 0.6 is 11.6 Å². The molecule has 2 aromatic carbocycles. The van der Waals surface area contributed by atoms with Crippen molar-refractivity contribution in [1.29, 1.82) is 0 Å². The van der Waals surface area contributed by atoms with E-state index >= 15 is 0 Å². The molecular formula is C18H17ClN2O3S. The lowest BCUT2D eigenvalue weighted by Crippen LogP contribution is -2.13. The second-order valence-electron chi connectivity index (χ2n) is 5.85. The van der Waals surface area contributed by atoms with Crippen LogP contribution < -0.4 is 4.90 Å². The predicted octanol–water partition coefficient (Wildman–Crippen LogP) is 4.20. The molecule has 5 nitrogen and oxygen atoms in total. The highest BCUT2D eigenvalue weighted by Crippen LogP contribution is 2.34. The molecule has 0 spiro atoms. The summed E-state index contributed by atoms with van der Waals surface area (Å²) in [5.74, 6) is 0.413. The average molecular weight is 377 g/mol. The van der Waals surface area contributed by atoms with Crippen molar-refractivity contribution in [2.75, 3.05) is 19.0 Å². The van der Waals surface area contributed by atoms with Crippen molar-refractivity contribution < 1.29 is 12.8 Å². The van der Waals surface area contributed by atoms with Crippen molar-refractivity contribution in [2.24, 2.45) is 0 Å². The minimum atomic E-state index is -3.80. The number of hydrogen-bond donors (Lipinski definition) is 0. The standard InChI is InChI=1S/C18H17ClN2O3S/c1-12-4-10-15(11-5-12)25(22,23)17-18(21(2)3)24-16(20-17)13-6-8-14(19)9-7-13/h4-11H,1-3H3. The molecule has 0 aliphatic rings. The smallest absolute Gasteiger partial charge is 0.235 e. The third-order valence-electron chi connectivity index (χ3n) is 3.66. The summed E-state index contributed by atoms with van der Waals surface area (Å²) < 4.78 is 31.7. The van der Waals surface area contributed by atoms with Crippen molar-refractivity contribution >= 4 is 27.3 Å². The summed E-state index contributed by atoms with van der Waals surface area (Å²) in [5.41, 5.74) is 1.63. The molecule has 7 heteroatoms. The summed E-state index contributed by atoms with van der Waals surface area (Å²) in [4.78, 5) is 6.03. The number of aryl methyl sites for hydroxylation is 1. The van der Waals surface area contributed by atoms with Gasteiger partial charge in [-0.05, 0) is 43.3 Å². The van der Waals surface area contributed by atoms with Gasteiger partial charge in [0.25, 0.3) is 0 Å². The maximum Gasteiger partial charge on any atom is 0.235 e. The Kier molecular flexibility index (Phi) is 4.58. The molecule has 3 rings (SSSR count). The predicted molar refractivity (Wildman–Crippen MR) is 97.9 cm³/mol. The van der Waals surface area contributed by atoms with Crippen LogP contribution in [0, 0.1) is 6.92 Å². The van der Waals surface area contributed by atoms with Gasteiger partial charge in [0.2, 0.25) is 26.6 Å². The van der Waals surface area contributed by atoms with Gasteiger partial charge in [-0.15, -0.1) is 0 Å². The van der Waals surface area contributed by atoms with Crippen LogP contribution in [-0.2, 0) is 9.84 Å². The quantitative estimate of drug-likeness (QED) is 0.682. The molecule has 0 amide bonds. The van der Waals surface area contributed by atoms with Gasteiger partial charge in [-0.1, -0.05) is 29.3 Å². The topological polar surface area (TPSA) is 63.4 Å². The van der Waals surface area contributed by atoms with Gasteiger partial charge in [0.1, 0.15) is 0 Å². The Morgan fingerprint density at radius 2 is 1.60 bits per heavy atom. The number of aromatic nitrogens is 1. The van der Waals surface area contributed by atoms with Crippen LogP contribution in [0.5, 0.6) is 0 Å². The van der Waals surface area contributed by atoms with E-state index in [1.165, 1.54) is 0 Å². The summed E-state index contributed by atoms with van der Waals surface area (Å²) >= 11 is 5.90. The SMILES string of the molecule is Cc1ccc(S(=O)(=O)c2nc(-c3ccc(Cl)cc3)oc2N(C)C)cc1. The molecule has 0 N–H and O–H groups in total. The van der Waals surface area contributed by atoms with E-state index in [-0.39, 0.29) is 21.7 Å². The van der Waals surface area contributed by atoms with Gasteiger partial charge in [-0.2, -0.15) is 4.98 Å². The fourth-order valence-corrected chi connectivity index (χ4v) is 3.80. The van der Waals surface area contributed by atoms with E-state index in [9.17, 15) is 8.42 Å². The zero-order valence-electron chi connectivity index (χ0n) is 14.0. The maximum atomic E-state index is 13.0.